The highest BCUT2D eigenvalue weighted by Gasteiger charge is 2.53. The number of alkyl halides is 1. The van der Waals surface area contributed by atoms with Gasteiger partial charge in [-0.15, -0.1) is 11.3 Å². The lowest BCUT2D eigenvalue weighted by Gasteiger charge is -2.37. The van der Waals surface area contributed by atoms with Crippen molar-refractivity contribution in [1.29, 1.82) is 0 Å². The van der Waals surface area contributed by atoms with Gasteiger partial charge in [-0.25, -0.2) is 4.98 Å². The molecule has 0 bridgehead atoms. The minimum absolute atomic E-state index is 0.0137. The summed E-state index contributed by atoms with van der Waals surface area (Å²) in [6, 6.07) is 6.90. The van der Waals surface area contributed by atoms with Gasteiger partial charge in [0.15, 0.2) is 16.7 Å². The summed E-state index contributed by atoms with van der Waals surface area (Å²) in [5, 5.41) is 2.37. The zero-order valence-corrected chi connectivity index (χ0v) is 19.1. The summed E-state index contributed by atoms with van der Waals surface area (Å²) in [6.45, 7) is 4.07. The summed E-state index contributed by atoms with van der Waals surface area (Å²) in [7, 11) is 0. The molecule has 0 spiro atoms. The number of halogens is 1. The number of amides is 1. The van der Waals surface area contributed by atoms with Gasteiger partial charge in [0.05, 0.1) is 17.5 Å². The molecule has 4 atom stereocenters. The Morgan fingerprint density at radius 2 is 2.10 bits per heavy atom. The molecule has 1 aromatic carbocycles. The van der Waals surface area contributed by atoms with Crippen molar-refractivity contribution in [2.45, 2.75) is 36.2 Å². The van der Waals surface area contributed by atoms with Gasteiger partial charge in [0, 0.05) is 16.4 Å². The third-order valence-corrected chi connectivity index (χ3v) is 7.58. The predicted molar refractivity (Wildman–Crippen MR) is 121 cm³/mol. The van der Waals surface area contributed by atoms with Crippen LogP contribution in [-0.4, -0.2) is 34.2 Å². The lowest BCUT2D eigenvalue weighted by Crippen LogP contribution is -2.41. The smallest absolute Gasteiger partial charge is 0.296 e. The van der Waals surface area contributed by atoms with Crippen LogP contribution in [0.25, 0.3) is 0 Å². The molecule has 1 saturated carbocycles. The molecule has 0 radical (unpaired) electrons. The van der Waals surface area contributed by atoms with Crippen molar-refractivity contribution >= 4 is 44.1 Å². The molecule has 3 heterocycles. The zero-order valence-electron chi connectivity index (χ0n) is 16.7. The van der Waals surface area contributed by atoms with E-state index in [1.165, 1.54) is 11.3 Å². The van der Waals surface area contributed by atoms with Gasteiger partial charge in [-0.3, -0.25) is 14.5 Å². The van der Waals surface area contributed by atoms with Crippen LogP contribution in [-0.2, 0) is 14.3 Å². The standard InChI is InChI=1S/C23H21BrN2O4S/c1-2-10-29-15-6-3-13(4-7-15)19-18-20(27)16-12-14(24)5-8-17(16)30-21(18)22(28)26(19)23-25-9-11-31-23/h2-4,6-7,9,11,14,16-17,19H,1,5,8,10,12H2. The predicted octanol–water partition coefficient (Wildman–Crippen LogP) is 4.58. The van der Waals surface area contributed by atoms with E-state index in [1.807, 2.05) is 29.6 Å². The summed E-state index contributed by atoms with van der Waals surface area (Å²) in [4.78, 5) is 33.3. The first-order valence-corrected chi connectivity index (χ1v) is 12.0. The van der Waals surface area contributed by atoms with Crippen LogP contribution in [0.15, 0.2) is 59.8 Å². The van der Waals surface area contributed by atoms with Crippen molar-refractivity contribution < 1.29 is 19.1 Å². The second kappa shape index (κ2) is 8.24. The van der Waals surface area contributed by atoms with Crippen LogP contribution in [0.1, 0.15) is 30.9 Å². The van der Waals surface area contributed by atoms with E-state index in [0.29, 0.717) is 29.5 Å². The van der Waals surface area contributed by atoms with E-state index in [4.69, 9.17) is 9.47 Å². The molecular weight excluding hydrogens is 480 g/mol. The maximum absolute atomic E-state index is 13.6. The second-order valence-corrected chi connectivity index (χ2v) is 10.0. The lowest BCUT2D eigenvalue weighted by atomic mass is 9.77. The van der Waals surface area contributed by atoms with Crippen molar-refractivity contribution in [2.24, 2.45) is 5.92 Å². The number of anilines is 1. The zero-order chi connectivity index (χ0) is 21.5. The number of carbonyl (C=O) groups is 2. The molecule has 6 nitrogen and oxygen atoms in total. The Bertz CT molecular complexity index is 1050. The van der Waals surface area contributed by atoms with Gasteiger partial charge in [0.2, 0.25) is 0 Å². The Morgan fingerprint density at radius 3 is 2.81 bits per heavy atom. The van der Waals surface area contributed by atoms with Gasteiger partial charge >= 0.3 is 0 Å². The highest BCUT2D eigenvalue weighted by atomic mass is 79.9. The topological polar surface area (TPSA) is 68.7 Å². The van der Waals surface area contributed by atoms with E-state index in [1.54, 1.807) is 17.2 Å². The summed E-state index contributed by atoms with van der Waals surface area (Å²) in [5.74, 6) is 0.364. The number of ketones is 1. The summed E-state index contributed by atoms with van der Waals surface area (Å²) < 4.78 is 11.8. The molecule has 0 N–H and O–H groups in total. The fourth-order valence-electron chi connectivity index (χ4n) is 4.56. The molecule has 2 aromatic rings. The van der Waals surface area contributed by atoms with E-state index in [0.717, 1.165) is 18.4 Å². The van der Waals surface area contributed by atoms with Crippen LogP contribution in [0, 0.1) is 5.92 Å². The fraction of sp³-hybridized carbons (Fsp3) is 0.348. The molecule has 3 aliphatic rings. The highest BCUT2D eigenvalue weighted by Crippen LogP contribution is 2.49. The number of hydrogen-bond acceptors (Lipinski definition) is 6. The number of nitrogens with zero attached hydrogens (tertiary/aromatic N) is 2. The van der Waals surface area contributed by atoms with Crippen molar-refractivity contribution in [3.05, 3.63) is 65.4 Å². The number of benzene rings is 1. The third kappa shape index (κ3) is 3.51. The number of thiazole rings is 1. The normalized spacial score (nSPS) is 27.6. The molecular formula is C23H21BrN2O4S. The Balaban J connectivity index is 1.57. The maximum Gasteiger partial charge on any atom is 0.296 e. The molecule has 1 aromatic heterocycles. The molecule has 4 unspecified atom stereocenters. The minimum atomic E-state index is -0.564. The molecule has 160 valence electrons. The summed E-state index contributed by atoms with van der Waals surface area (Å²) >= 11 is 5.03. The van der Waals surface area contributed by atoms with E-state index in [9.17, 15) is 9.59 Å². The van der Waals surface area contributed by atoms with Crippen LogP contribution in [0.3, 0.4) is 0 Å². The average Bonchev–Trinajstić information content (AvgIpc) is 3.40. The van der Waals surface area contributed by atoms with E-state index in [-0.39, 0.29) is 34.3 Å². The third-order valence-electron chi connectivity index (χ3n) is 5.97. The Hall–Kier alpha value is -2.45. The first-order chi connectivity index (χ1) is 15.1. The Labute approximate surface area is 192 Å². The Morgan fingerprint density at radius 1 is 1.29 bits per heavy atom. The molecule has 2 aliphatic heterocycles. The number of rotatable bonds is 5. The minimum Gasteiger partial charge on any atom is -0.490 e. The summed E-state index contributed by atoms with van der Waals surface area (Å²) in [6.07, 6.45) is 5.50. The van der Waals surface area contributed by atoms with Gasteiger partial charge < -0.3 is 9.47 Å². The van der Waals surface area contributed by atoms with Gasteiger partial charge in [-0.1, -0.05) is 40.7 Å². The van der Waals surface area contributed by atoms with Crippen LogP contribution < -0.4 is 9.64 Å². The molecule has 1 amide bonds. The van der Waals surface area contributed by atoms with Crippen LogP contribution in [0.5, 0.6) is 5.75 Å². The average molecular weight is 501 g/mol. The first-order valence-electron chi connectivity index (χ1n) is 10.2. The molecule has 1 fully saturated rings. The van der Waals surface area contributed by atoms with Crippen molar-refractivity contribution in [2.75, 3.05) is 11.5 Å². The monoisotopic (exact) mass is 500 g/mol. The van der Waals surface area contributed by atoms with Gasteiger partial charge in [0.25, 0.3) is 5.91 Å². The SMILES string of the molecule is C=CCOc1ccc(C2C3=C(OC4CCC(Br)CC4C3=O)C(=O)N2c2nccs2)cc1. The van der Waals surface area contributed by atoms with Crippen molar-refractivity contribution in [3.63, 3.8) is 0 Å². The molecule has 8 heteroatoms. The summed E-state index contributed by atoms with van der Waals surface area (Å²) in [5.41, 5.74) is 1.27. The molecule has 5 rings (SSSR count). The van der Waals surface area contributed by atoms with Crippen molar-refractivity contribution in [1.82, 2.24) is 4.98 Å². The number of hydrogen-bond donors (Lipinski definition) is 0. The number of fused-ring (bicyclic) bond motifs is 1. The second-order valence-electron chi connectivity index (χ2n) is 7.84. The number of aromatic nitrogens is 1. The number of ether oxygens (including phenoxy) is 2. The molecule has 31 heavy (non-hydrogen) atoms. The fourth-order valence-corrected chi connectivity index (χ4v) is 5.90. The maximum atomic E-state index is 13.6. The van der Waals surface area contributed by atoms with E-state index in [2.05, 4.69) is 27.5 Å². The van der Waals surface area contributed by atoms with Crippen LogP contribution >= 0.6 is 27.3 Å². The highest BCUT2D eigenvalue weighted by molar-refractivity contribution is 9.09. The van der Waals surface area contributed by atoms with Crippen LogP contribution in [0.4, 0.5) is 5.13 Å². The molecule has 0 saturated heterocycles. The van der Waals surface area contributed by atoms with Gasteiger partial charge in [0.1, 0.15) is 18.5 Å². The van der Waals surface area contributed by atoms with Crippen LogP contribution in [0.2, 0.25) is 0 Å². The first kappa shape index (κ1) is 20.5. The van der Waals surface area contributed by atoms with E-state index < -0.39 is 6.04 Å². The Kier molecular flexibility index (Phi) is 5.44. The molecule has 1 aliphatic carbocycles. The number of Topliss-reactive ketones (excluding diaryl/α,β-unsaturated/α-hetero) is 1. The van der Waals surface area contributed by atoms with Gasteiger partial charge in [-0.2, -0.15) is 0 Å². The quantitative estimate of drug-likeness (QED) is 0.443. The number of carbonyl (C=O) groups excluding carboxylic acids is 2. The largest absolute Gasteiger partial charge is 0.490 e. The van der Waals surface area contributed by atoms with E-state index >= 15 is 0 Å². The lowest BCUT2D eigenvalue weighted by molar-refractivity contribution is -0.131. The van der Waals surface area contributed by atoms with Gasteiger partial charge in [-0.05, 0) is 37.0 Å². The van der Waals surface area contributed by atoms with Crippen molar-refractivity contribution in [3.8, 4) is 5.75 Å².